The van der Waals surface area contributed by atoms with Crippen molar-refractivity contribution in [3.8, 4) is 0 Å². The van der Waals surface area contributed by atoms with E-state index in [1.54, 1.807) is 7.05 Å². The van der Waals surface area contributed by atoms with Gasteiger partial charge in [-0.05, 0) is 25.2 Å². The Kier molecular flexibility index (Phi) is 4.60. The van der Waals surface area contributed by atoms with Crippen LogP contribution < -0.4 is 0 Å². The lowest BCUT2D eigenvalue weighted by molar-refractivity contribution is -0.0262. The van der Waals surface area contributed by atoms with Crippen LogP contribution in [0.5, 0.6) is 0 Å². The van der Waals surface area contributed by atoms with Crippen molar-refractivity contribution in [2.45, 2.75) is 52.4 Å². The van der Waals surface area contributed by atoms with Crippen LogP contribution in [0.3, 0.4) is 0 Å². The van der Waals surface area contributed by atoms with Gasteiger partial charge in [-0.2, -0.15) is 8.78 Å². The number of aromatic nitrogens is 3. The Hall–Kier alpha value is -1.00. The van der Waals surface area contributed by atoms with Gasteiger partial charge in [0.15, 0.2) is 5.69 Å². The summed E-state index contributed by atoms with van der Waals surface area (Å²) in [7, 11) is 1.67. The second-order valence-electron chi connectivity index (χ2n) is 4.40. The van der Waals surface area contributed by atoms with Crippen molar-refractivity contribution in [3.63, 3.8) is 0 Å². The average Bonchev–Trinajstić information content (AvgIpc) is 2.67. The number of hydrogen-bond acceptors (Lipinski definition) is 2. The van der Waals surface area contributed by atoms with E-state index in [9.17, 15) is 8.78 Å². The fourth-order valence-corrected chi connectivity index (χ4v) is 2.01. The van der Waals surface area contributed by atoms with Crippen LogP contribution in [0.25, 0.3) is 0 Å². The Bertz CT molecular complexity index is 361. The molecule has 0 aromatic carbocycles. The predicted molar refractivity (Wildman–Crippen MR) is 63.0 cm³/mol. The topological polar surface area (TPSA) is 30.7 Å². The summed E-state index contributed by atoms with van der Waals surface area (Å²) in [6.45, 7) is 6.02. The zero-order valence-electron chi connectivity index (χ0n) is 11.0. The molecule has 1 aromatic rings. The molecule has 0 bridgehead atoms. The third-order valence-electron chi connectivity index (χ3n) is 3.11. The minimum absolute atomic E-state index is 0.111. The quantitative estimate of drug-likeness (QED) is 0.702. The van der Waals surface area contributed by atoms with Crippen molar-refractivity contribution in [3.05, 3.63) is 11.4 Å². The molecule has 1 aromatic heterocycles. The highest BCUT2D eigenvalue weighted by Crippen LogP contribution is 2.37. The molecular formula is C12H21F2N3. The number of halogens is 2. The Labute approximate surface area is 101 Å². The summed E-state index contributed by atoms with van der Waals surface area (Å²) in [4.78, 5) is 0. The standard InChI is InChI=1S/C10H15F2N3.C2H6/c1-7-3-4-8-9(13-14-15(8)2)10(11,12)6-5-7;1-2/h7H,3-6H2,1-2H3;1-2H3. The highest BCUT2D eigenvalue weighted by molar-refractivity contribution is 5.17. The van der Waals surface area contributed by atoms with E-state index in [0.717, 1.165) is 6.42 Å². The normalized spacial score (nSPS) is 22.8. The van der Waals surface area contributed by atoms with Crippen LogP contribution in [-0.4, -0.2) is 15.0 Å². The summed E-state index contributed by atoms with van der Waals surface area (Å²) in [5, 5.41) is 7.29. The Morgan fingerprint density at radius 2 is 1.94 bits per heavy atom. The third kappa shape index (κ3) is 3.01. The number of aryl methyl sites for hydroxylation is 1. The van der Waals surface area contributed by atoms with E-state index in [0.29, 0.717) is 24.5 Å². The maximum atomic E-state index is 13.7. The molecule has 0 saturated heterocycles. The van der Waals surface area contributed by atoms with Gasteiger partial charge in [-0.3, -0.25) is 4.68 Å². The van der Waals surface area contributed by atoms with E-state index in [-0.39, 0.29) is 12.1 Å². The summed E-state index contributed by atoms with van der Waals surface area (Å²) < 4.78 is 28.9. The molecule has 1 unspecified atom stereocenters. The van der Waals surface area contributed by atoms with Crippen LogP contribution in [0.2, 0.25) is 0 Å². The first-order valence-electron chi connectivity index (χ1n) is 6.27. The van der Waals surface area contributed by atoms with Crippen molar-refractivity contribution >= 4 is 0 Å². The molecule has 1 aliphatic rings. The van der Waals surface area contributed by atoms with Crippen LogP contribution in [0.4, 0.5) is 8.78 Å². The average molecular weight is 245 g/mol. The first-order chi connectivity index (χ1) is 8.00. The van der Waals surface area contributed by atoms with Gasteiger partial charge < -0.3 is 0 Å². The molecule has 1 atom stereocenters. The summed E-state index contributed by atoms with van der Waals surface area (Å²) >= 11 is 0. The van der Waals surface area contributed by atoms with Gasteiger partial charge in [-0.15, -0.1) is 5.10 Å². The van der Waals surface area contributed by atoms with Crippen molar-refractivity contribution < 1.29 is 8.78 Å². The highest BCUT2D eigenvalue weighted by atomic mass is 19.3. The zero-order valence-corrected chi connectivity index (χ0v) is 11.0. The molecule has 98 valence electrons. The smallest absolute Gasteiger partial charge is 0.252 e. The molecule has 0 spiro atoms. The van der Waals surface area contributed by atoms with Crippen molar-refractivity contribution in [2.75, 3.05) is 0 Å². The highest BCUT2D eigenvalue weighted by Gasteiger charge is 2.39. The molecule has 1 heterocycles. The van der Waals surface area contributed by atoms with E-state index >= 15 is 0 Å². The fraction of sp³-hybridized carbons (Fsp3) is 0.833. The molecule has 0 N–H and O–H groups in total. The third-order valence-corrected chi connectivity index (χ3v) is 3.11. The lowest BCUT2D eigenvalue weighted by atomic mass is 9.91. The molecule has 1 aliphatic carbocycles. The van der Waals surface area contributed by atoms with Gasteiger partial charge in [0.2, 0.25) is 0 Å². The minimum Gasteiger partial charge on any atom is -0.252 e. The second-order valence-corrected chi connectivity index (χ2v) is 4.40. The Morgan fingerprint density at radius 1 is 1.29 bits per heavy atom. The maximum absolute atomic E-state index is 13.7. The largest absolute Gasteiger partial charge is 0.293 e. The molecule has 2 rings (SSSR count). The number of alkyl halides is 2. The van der Waals surface area contributed by atoms with E-state index in [4.69, 9.17) is 0 Å². The van der Waals surface area contributed by atoms with Crippen molar-refractivity contribution in [1.82, 2.24) is 15.0 Å². The van der Waals surface area contributed by atoms with Gasteiger partial charge in [0.1, 0.15) is 0 Å². The van der Waals surface area contributed by atoms with E-state index in [1.807, 2.05) is 20.8 Å². The summed E-state index contributed by atoms with van der Waals surface area (Å²) in [6, 6.07) is 0. The van der Waals surface area contributed by atoms with Gasteiger partial charge in [0, 0.05) is 13.5 Å². The van der Waals surface area contributed by atoms with Crippen molar-refractivity contribution in [1.29, 1.82) is 0 Å². The fourth-order valence-electron chi connectivity index (χ4n) is 2.01. The first kappa shape index (κ1) is 14.1. The molecule has 0 aliphatic heterocycles. The lowest BCUT2D eigenvalue weighted by Gasteiger charge is -2.21. The van der Waals surface area contributed by atoms with Gasteiger partial charge in [0.25, 0.3) is 5.92 Å². The molecule has 0 fully saturated rings. The van der Waals surface area contributed by atoms with Crippen LogP contribution in [0.1, 0.15) is 51.4 Å². The number of hydrogen-bond donors (Lipinski definition) is 0. The SMILES string of the molecule is CC.CC1CCc2c(nnn2C)C(F)(F)CC1. The van der Waals surface area contributed by atoms with Crippen LogP contribution in [0, 0.1) is 5.92 Å². The molecule has 0 amide bonds. The lowest BCUT2D eigenvalue weighted by Crippen LogP contribution is -2.21. The second kappa shape index (κ2) is 5.56. The first-order valence-corrected chi connectivity index (χ1v) is 6.27. The summed E-state index contributed by atoms with van der Waals surface area (Å²) in [5.74, 6) is -2.46. The predicted octanol–water partition coefficient (Wildman–Crippen LogP) is 3.30. The van der Waals surface area contributed by atoms with E-state index < -0.39 is 5.92 Å². The summed E-state index contributed by atoms with van der Waals surface area (Å²) in [6.07, 6.45) is 2.03. The number of fused-ring (bicyclic) bond motifs is 1. The Balaban J connectivity index is 0.000000686. The summed E-state index contributed by atoms with van der Waals surface area (Å²) in [5.41, 5.74) is 0.475. The monoisotopic (exact) mass is 245 g/mol. The van der Waals surface area contributed by atoms with Gasteiger partial charge >= 0.3 is 0 Å². The zero-order chi connectivity index (χ0) is 13.1. The molecular weight excluding hydrogens is 224 g/mol. The van der Waals surface area contributed by atoms with Crippen LogP contribution in [-0.2, 0) is 19.4 Å². The van der Waals surface area contributed by atoms with Crippen molar-refractivity contribution in [2.24, 2.45) is 13.0 Å². The van der Waals surface area contributed by atoms with E-state index in [2.05, 4.69) is 10.3 Å². The molecule has 17 heavy (non-hydrogen) atoms. The number of rotatable bonds is 0. The maximum Gasteiger partial charge on any atom is 0.293 e. The van der Waals surface area contributed by atoms with Crippen LogP contribution >= 0.6 is 0 Å². The van der Waals surface area contributed by atoms with Gasteiger partial charge in [0.05, 0.1) is 5.69 Å². The minimum atomic E-state index is -2.81. The van der Waals surface area contributed by atoms with Gasteiger partial charge in [-0.25, -0.2) is 0 Å². The molecule has 5 heteroatoms. The van der Waals surface area contributed by atoms with Gasteiger partial charge in [-0.1, -0.05) is 26.0 Å². The Morgan fingerprint density at radius 3 is 2.59 bits per heavy atom. The molecule has 0 radical (unpaired) electrons. The molecule has 3 nitrogen and oxygen atoms in total. The van der Waals surface area contributed by atoms with Crippen LogP contribution in [0.15, 0.2) is 0 Å². The molecule has 0 saturated carbocycles. The van der Waals surface area contributed by atoms with E-state index in [1.165, 1.54) is 4.68 Å². The number of nitrogens with zero attached hydrogens (tertiary/aromatic N) is 3.